The highest BCUT2D eigenvalue weighted by Crippen LogP contribution is 2.37. The van der Waals surface area contributed by atoms with Crippen LogP contribution in [0.5, 0.6) is 11.5 Å². The largest absolute Gasteiger partial charge is 0.457 e. The molecular formula is C28H24F2N6O3S. The van der Waals surface area contributed by atoms with Crippen LogP contribution in [0, 0.1) is 11.6 Å². The van der Waals surface area contributed by atoms with E-state index < -0.39 is 21.7 Å². The molecule has 204 valence electrons. The van der Waals surface area contributed by atoms with Crippen molar-refractivity contribution in [2.45, 2.75) is 36.6 Å². The highest BCUT2D eigenvalue weighted by atomic mass is 32.2. The molecule has 40 heavy (non-hydrogen) atoms. The summed E-state index contributed by atoms with van der Waals surface area (Å²) < 4.78 is 64.0. The van der Waals surface area contributed by atoms with Crippen LogP contribution in [-0.2, 0) is 10.0 Å². The van der Waals surface area contributed by atoms with Crippen molar-refractivity contribution in [2.24, 2.45) is 0 Å². The summed E-state index contributed by atoms with van der Waals surface area (Å²) in [6, 6.07) is 15.3. The number of rotatable bonds is 7. The van der Waals surface area contributed by atoms with Crippen LogP contribution in [0.25, 0.3) is 22.3 Å². The maximum absolute atomic E-state index is 15.3. The molecule has 0 saturated heterocycles. The molecule has 0 aliphatic heterocycles. The van der Waals surface area contributed by atoms with Crippen molar-refractivity contribution in [3.05, 3.63) is 84.7 Å². The molecule has 9 nitrogen and oxygen atoms in total. The van der Waals surface area contributed by atoms with Crippen molar-refractivity contribution in [3.8, 4) is 22.8 Å². The molecule has 2 heterocycles. The maximum atomic E-state index is 15.3. The van der Waals surface area contributed by atoms with E-state index in [9.17, 15) is 12.8 Å². The Bertz CT molecular complexity index is 1800. The van der Waals surface area contributed by atoms with E-state index >= 15 is 4.39 Å². The third-order valence-electron chi connectivity index (χ3n) is 6.86. The lowest BCUT2D eigenvalue weighted by Crippen LogP contribution is -2.14. The van der Waals surface area contributed by atoms with Gasteiger partial charge >= 0.3 is 0 Å². The van der Waals surface area contributed by atoms with Gasteiger partial charge in [0, 0.05) is 5.56 Å². The van der Waals surface area contributed by atoms with E-state index in [2.05, 4.69) is 14.7 Å². The van der Waals surface area contributed by atoms with E-state index in [1.54, 1.807) is 6.07 Å². The fourth-order valence-electron chi connectivity index (χ4n) is 4.88. The number of benzene rings is 3. The van der Waals surface area contributed by atoms with Crippen molar-refractivity contribution in [1.82, 2.24) is 19.7 Å². The van der Waals surface area contributed by atoms with Crippen LogP contribution >= 0.6 is 0 Å². The Morgan fingerprint density at radius 3 is 2.27 bits per heavy atom. The number of nitrogens with zero attached hydrogens (tertiary/aromatic N) is 4. The summed E-state index contributed by atoms with van der Waals surface area (Å²) >= 11 is 0. The number of sulfonamides is 1. The molecule has 5 aromatic rings. The predicted molar refractivity (Wildman–Crippen MR) is 146 cm³/mol. The summed E-state index contributed by atoms with van der Waals surface area (Å²) in [5, 5.41) is 5.27. The van der Waals surface area contributed by atoms with Crippen LogP contribution in [0.4, 0.5) is 20.3 Å². The molecule has 1 saturated carbocycles. The second kappa shape index (κ2) is 10.2. The molecule has 12 heteroatoms. The summed E-state index contributed by atoms with van der Waals surface area (Å²) in [4.78, 5) is 8.39. The first-order valence-corrected chi connectivity index (χ1v) is 14.1. The number of nitrogens with two attached hydrogens (primary N) is 1. The summed E-state index contributed by atoms with van der Waals surface area (Å²) in [5.74, 6) is -0.192. The lowest BCUT2D eigenvalue weighted by atomic mass is 10.1. The maximum Gasteiger partial charge on any atom is 0.261 e. The lowest BCUT2D eigenvalue weighted by molar-refractivity contribution is 0.479. The number of hydrogen-bond donors (Lipinski definition) is 2. The summed E-state index contributed by atoms with van der Waals surface area (Å²) in [6.07, 6.45) is 5.50. The minimum atomic E-state index is -4.11. The van der Waals surface area contributed by atoms with Gasteiger partial charge in [-0.05, 0) is 73.5 Å². The van der Waals surface area contributed by atoms with Gasteiger partial charge in [0.25, 0.3) is 10.0 Å². The third-order valence-corrected chi connectivity index (χ3v) is 8.24. The Kier molecular flexibility index (Phi) is 6.54. The SMILES string of the molecule is Nc1ncnc2c1c(-c1ccc(NS(=O)(=O)c3ccc(Oc4ccc(F)cc4)cc3)c(F)c1)nn2C1CCCC1. The van der Waals surface area contributed by atoms with Crippen LogP contribution in [-0.4, -0.2) is 28.2 Å². The van der Waals surface area contributed by atoms with Crippen molar-refractivity contribution in [3.63, 3.8) is 0 Å². The normalized spacial score (nSPS) is 14.1. The molecule has 0 amide bonds. The molecule has 1 aliphatic carbocycles. The Labute approximate surface area is 228 Å². The van der Waals surface area contributed by atoms with Crippen LogP contribution in [0.15, 0.2) is 78.0 Å². The molecule has 0 spiro atoms. The van der Waals surface area contributed by atoms with Crippen LogP contribution in [0.3, 0.4) is 0 Å². The molecule has 1 fully saturated rings. The van der Waals surface area contributed by atoms with Gasteiger partial charge in [-0.15, -0.1) is 0 Å². The van der Waals surface area contributed by atoms with E-state index in [1.165, 1.54) is 67.0 Å². The van der Waals surface area contributed by atoms with Crippen molar-refractivity contribution < 1.29 is 21.9 Å². The molecule has 3 aromatic carbocycles. The number of aromatic nitrogens is 4. The van der Waals surface area contributed by atoms with Gasteiger partial charge in [0.05, 0.1) is 22.0 Å². The summed E-state index contributed by atoms with van der Waals surface area (Å²) in [7, 11) is -4.11. The minimum absolute atomic E-state index is 0.0892. The monoisotopic (exact) mass is 562 g/mol. The first-order valence-electron chi connectivity index (χ1n) is 12.6. The van der Waals surface area contributed by atoms with E-state index in [0.29, 0.717) is 33.8 Å². The number of nitrogens with one attached hydrogen (secondary N) is 1. The highest BCUT2D eigenvalue weighted by Gasteiger charge is 2.25. The summed E-state index contributed by atoms with van der Waals surface area (Å²) in [5.41, 5.74) is 7.39. The number of anilines is 2. The number of ether oxygens (including phenoxy) is 1. The fraction of sp³-hybridized carbons (Fsp3) is 0.179. The van der Waals surface area contributed by atoms with Crippen LogP contribution < -0.4 is 15.2 Å². The van der Waals surface area contributed by atoms with Gasteiger partial charge < -0.3 is 10.5 Å². The Morgan fingerprint density at radius 1 is 0.925 bits per heavy atom. The number of hydrogen-bond acceptors (Lipinski definition) is 7. The van der Waals surface area contributed by atoms with E-state index in [4.69, 9.17) is 15.6 Å². The van der Waals surface area contributed by atoms with E-state index in [1.807, 2.05) is 4.68 Å². The zero-order valence-electron chi connectivity index (χ0n) is 21.1. The van der Waals surface area contributed by atoms with Gasteiger partial charge in [-0.1, -0.05) is 18.9 Å². The van der Waals surface area contributed by atoms with Gasteiger partial charge in [0.2, 0.25) is 0 Å². The number of nitrogen functional groups attached to an aromatic ring is 1. The fourth-order valence-corrected chi connectivity index (χ4v) is 5.94. The first-order chi connectivity index (χ1) is 19.3. The van der Waals surface area contributed by atoms with E-state index in [-0.39, 0.29) is 22.4 Å². The molecule has 0 unspecified atom stereocenters. The van der Waals surface area contributed by atoms with Crippen molar-refractivity contribution in [1.29, 1.82) is 0 Å². The van der Waals surface area contributed by atoms with Gasteiger partial charge in [0.15, 0.2) is 5.65 Å². The zero-order valence-corrected chi connectivity index (χ0v) is 21.9. The molecular weight excluding hydrogens is 538 g/mol. The van der Waals surface area contributed by atoms with Gasteiger partial charge in [-0.25, -0.2) is 31.8 Å². The first kappa shape index (κ1) is 25.7. The average Bonchev–Trinajstić information content (AvgIpc) is 3.60. The van der Waals surface area contributed by atoms with E-state index in [0.717, 1.165) is 25.7 Å². The van der Waals surface area contributed by atoms with Crippen LogP contribution in [0.2, 0.25) is 0 Å². The predicted octanol–water partition coefficient (Wildman–Crippen LogP) is 6.06. The standard InChI is InChI=1S/C28H24F2N6O3S/c29-18-6-8-20(9-7-18)39-21-10-12-22(13-11-21)40(37,38)35-24-14-5-17(15-23(24)30)26-25-27(31)32-16-33-28(25)36(34-26)19-3-1-2-4-19/h5-16,19,35H,1-4H2,(H2,31,32,33). The Balaban J connectivity index is 1.25. The Hall–Kier alpha value is -4.58. The highest BCUT2D eigenvalue weighted by molar-refractivity contribution is 7.92. The molecule has 1 aliphatic rings. The second-order valence-corrected chi connectivity index (χ2v) is 11.2. The number of fused-ring (bicyclic) bond motifs is 1. The summed E-state index contributed by atoms with van der Waals surface area (Å²) in [6.45, 7) is 0. The molecule has 0 atom stereocenters. The van der Waals surface area contributed by atoms with Gasteiger partial charge in [-0.2, -0.15) is 5.10 Å². The van der Waals surface area contributed by atoms with Gasteiger partial charge in [-0.3, -0.25) is 4.72 Å². The van der Waals surface area contributed by atoms with Gasteiger partial charge in [0.1, 0.15) is 41.0 Å². The molecule has 0 bridgehead atoms. The molecule has 3 N–H and O–H groups in total. The van der Waals surface area contributed by atoms with Crippen LogP contribution in [0.1, 0.15) is 31.7 Å². The minimum Gasteiger partial charge on any atom is -0.457 e. The zero-order chi connectivity index (χ0) is 27.9. The quantitative estimate of drug-likeness (QED) is 0.247. The molecule has 6 rings (SSSR count). The lowest BCUT2D eigenvalue weighted by Gasteiger charge is -2.11. The second-order valence-electron chi connectivity index (χ2n) is 9.52. The molecule has 2 aromatic heterocycles. The third kappa shape index (κ3) is 4.93. The topological polar surface area (TPSA) is 125 Å². The smallest absolute Gasteiger partial charge is 0.261 e. The van der Waals surface area contributed by atoms with Crippen molar-refractivity contribution >= 4 is 32.6 Å². The molecule has 0 radical (unpaired) electrons. The Morgan fingerprint density at radius 2 is 1.60 bits per heavy atom. The number of halogens is 2. The van der Waals surface area contributed by atoms with Crippen molar-refractivity contribution in [2.75, 3.05) is 10.5 Å². The average molecular weight is 563 g/mol.